The zero-order chi connectivity index (χ0) is 21.2. The van der Waals surface area contributed by atoms with Gasteiger partial charge in [0.2, 0.25) is 5.91 Å². The van der Waals surface area contributed by atoms with Gasteiger partial charge in [0.15, 0.2) is 0 Å². The van der Waals surface area contributed by atoms with Gasteiger partial charge >= 0.3 is 5.97 Å². The van der Waals surface area contributed by atoms with Gasteiger partial charge < -0.3 is 9.47 Å². The molecule has 1 amide bonds. The predicted octanol–water partition coefficient (Wildman–Crippen LogP) is 3.75. The minimum atomic E-state index is -0.377. The lowest BCUT2D eigenvalue weighted by Crippen LogP contribution is -2.19. The molecule has 6 heteroatoms. The Morgan fingerprint density at radius 3 is 2.33 bits per heavy atom. The average molecular weight is 402 g/mol. The van der Waals surface area contributed by atoms with E-state index in [1.165, 1.54) is 7.11 Å². The second-order valence-corrected chi connectivity index (χ2v) is 6.47. The third-order valence-electron chi connectivity index (χ3n) is 4.29. The lowest BCUT2D eigenvalue weighted by Gasteiger charge is -2.09. The fourth-order valence-electron chi connectivity index (χ4n) is 2.73. The second kappa shape index (κ2) is 10.6. The molecule has 0 atom stereocenters. The van der Waals surface area contributed by atoms with Crippen LogP contribution in [0.1, 0.15) is 27.0 Å². The van der Waals surface area contributed by atoms with E-state index in [1.807, 2.05) is 66.7 Å². The van der Waals surface area contributed by atoms with Crippen LogP contribution in [0.25, 0.3) is 0 Å². The van der Waals surface area contributed by atoms with Gasteiger partial charge in [-0.15, -0.1) is 0 Å². The van der Waals surface area contributed by atoms with Crippen molar-refractivity contribution in [3.63, 3.8) is 0 Å². The molecule has 152 valence electrons. The Morgan fingerprint density at radius 2 is 1.60 bits per heavy atom. The second-order valence-electron chi connectivity index (χ2n) is 6.47. The van der Waals surface area contributed by atoms with Crippen LogP contribution in [0.3, 0.4) is 0 Å². The normalized spacial score (nSPS) is 10.6. The molecule has 0 saturated carbocycles. The van der Waals surface area contributed by atoms with Crippen molar-refractivity contribution in [3.05, 3.63) is 101 Å². The number of hydrogen-bond acceptors (Lipinski definition) is 5. The molecule has 0 aromatic heterocycles. The van der Waals surface area contributed by atoms with Crippen molar-refractivity contribution >= 4 is 18.1 Å². The highest BCUT2D eigenvalue weighted by Gasteiger charge is 2.06. The van der Waals surface area contributed by atoms with Gasteiger partial charge in [0.1, 0.15) is 12.4 Å². The van der Waals surface area contributed by atoms with Crippen LogP contribution in [0, 0.1) is 0 Å². The average Bonchev–Trinajstić information content (AvgIpc) is 2.79. The molecule has 3 aromatic carbocycles. The number of nitrogens with zero attached hydrogens (tertiary/aromatic N) is 1. The molecule has 0 heterocycles. The van der Waals surface area contributed by atoms with Crippen LogP contribution in [0.2, 0.25) is 0 Å². The molecule has 6 nitrogen and oxygen atoms in total. The molecule has 30 heavy (non-hydrogen) atoms. The molecule has 0 spiro atoms. The SMILES string of the molecule is COC(=O)c1ccc(COc2ccccc2/C=N\NC(=O)Cc2ccccc2)cc1. The molecule has 0 radical (unpaired) electrons. The lowest BCUT2D eigenvalue weighted by molar-refractivity contribution is -0.120. The minimum absolute atomic E-state index is 0.193. The molecule has 0 unspecified atom stereocenters. The lowest BCUT2D eigenvalue weighted by atomic mass is 10.1. The first-order chi connectivity index (χ1) is 14.7. The van der Waals surface area contributed by atoms with Gasteiger partial charge in [0.05, 0.1) is 25.3 Å². The predicted molar refractivity (Wildman–Crippen MR) is 114 cm³/mol. The van der Waals surface area contributed by atoms with Crippen molar-refractivity contribution in [2.24, 2.45) is 5.10 Å². The van der Waals surface area contributed by atoms with Gasteiger partial charge in [-0.05, 0) is 35.4 Å². The molecule has 3 rings (SSSR count). The first kappa shape index (κ1) is 20.8. The van der Waals surface area contributed by atoms with Crippen LogP contribution in [0.4, 0.5) is 0 Å². The smallest absolute Gasteiger partial charge is 0.337 e. The summed E-state index contributed by atoms with van der Waals surface area (Å²) in [6.07, 6.45) is 1.82. The van der Waals surface area contributed by atoms with E-state index in [4.69, 9.17) is 9.47 Å². The number of nitrogens with one attached hydrogen (secondary N) is 1. The fraction of sp³-hybridized carbons (Fsp3) is 0.125. The Bertz CT molecular complexity index is 1010. The fourth-order valence-corrected chi connectivity index (χ4v) is 2.73. The molecule has 1 N–H and O–H groups in total. The Kier molecular flexibility index (Phi) is 7.33. The van der Waals surface area contributed by atoms with Gasteiger partial charge in [-0.25, -0.2) is 10.2 Å². The Balaban J connectivity index is 1.57. The molecule has 0 aliphatic carbocycles. The van der Waals surface area contributed by atoms with Gasteiger partial charge in [-0.3, -0.25) is 4.79 Å². The maximum Gasteiger partial charge on any atom is 0.337 e. The maximum atomic E-state index is 12.0. The van der Waals surface area contributed by atoms with Crippen LogP contribution in [0.5, 0.6) is 5.75 Å². The number of carbonyl (C=O) groups excluding carboxylic acids is 2. The minimum Gasteiger partial charge on any atom is -0.488 e. The highest BCUT2D eigenvalue weighted by Crippen LogP contribution is 2.18. The van der Waals surface area contributed by atoms with Crippen molar-refractivity contribution in [2.45, 2.75) is 13.0 Å². The zero-order valence-electron chi connectivity index (χ0n) is 16.6. The van der Waals surface area contributed by atoms with Gasteiger partial charge in [-0.2, -0.15) is 5.10 Å². The maximum absolute atomic E-state index is 12.0. The first-order valence-electron chi connectivity index (χ1n) is 9.40. The molecular formula is C24H22N2O4. The summed E-state index contributed by atoms with van der Waals surface area (Å²) in [6.45, 7) is 0.326. The number of methoxy groups -OCH3 is 1. The number of ether oxygens (including phenoxy) is 2. The Labute approximate surface area is 175 Å². The number of carbonyl (C=O) groups is 2. The number of amides is 1. The largest absolute Gasteiger partial charge is 0.488 e. The Morgan fingerprint density at radius 1 is 0.900 bits per heavy atom. The Hall–Kier alpha value is -3.93. The quantitative estimate of drug-likeness (QED) is 0.354. The molecule has 0 fully saturated rings. The van der Waals surface area contributed by atoms with Crippen LogP contribution in [0.15, 0.2) is 84.0 Å². The summed E-state index contributed by atoms with van der Waals surface area (Å²) >= 11 is 0. The van der Waals surface area contributed by atoms with Crippen molar-refractivity contribution in [1.29, 1.82) is 0 Å². The van der Waals surface area contributed by atoms with E-state index in [2.05, 4.69) is 10.5 Å². The van der Waals surface area contributed by atoms with Crippen LogP contribution in [-0.4, -0.2) is 25.2 Å². The van der Waals surface area contributed by atoms with Gasteiger partial charge in [0.25, 0.3) is 0 Å². The zero-order valence-corrected chi connectivity index (χ0v) is 16.6. The van der Waals surface area contributed by atoms with Crippen molar-refractivity contribution in [2.75, 3.05) is 7.11 Å². The number of hydrogen-bond donors (Lipinski definition) is 1. The van der Waals surface area contributed by atoms with E-state index < -0.39 is 0 Å². The van der Waals surface area contributed by atoms with E-state index in [0.29, 0.717) is 17.9 Å². The molecule has 0 aliphatic rings. The molecular weight excluding hydrogens is 380 g/mol. The molecule has 3 aromatic rings. The number of hydrazone groups is 1. The van der Waals surface area contributed by atoms with E-state index in [9.17, 15) is 9.59 Å². The van der Waals surface area contributed by atoms with E-state index in [1.54, 1.807) is 18.3 Å². The number of para-hydroxylation sites is 1. The summed E-state index contributed by atoms with van der Waals surface area (Å²) in [6, 6.07) is 23.9. The summed E-state index contributed by atoms with van der Waals surface area (Å²) in [5, 5.41) is 4.04. The first-order valence-corrected chi connectivity index (χ1v) is 9.40. The van der Waals surface area contributed by atoms with E-state index >= 15 is 0 Å². The number of esters is 1. The van der Waals surface area contributed by atoms with Crippen molar-refractivity contribution in [3.8, 4) is 5.75 Å². The molecule has 0 aliphatic heterocycles. The van der Waals surface area contributed by atoms with Crippen molar-refractivity contribution in [1.82, 2.24) is 5.43 Å². The monoisotopic (exact) mass is 402 g/mol. The summed E-state index contributed by atoms with van der Waals surface area (Å²) in [5.41, 5.74) is 5.59. The van der Waals surface area contributed by atoms with Crippen LogP contribution >= 0.6 is 0 Å². The summed E-state index contributed by atoms with van der Waals surface area (Å²) in [5.74, 6) is 0.0653. The third kappa shape index (κ3) is 6.04. The standard InChI is InChI=1S/C24H22N2O4/c1-29-24(28)20-13-11-19(12-14-20)17-30-22-10-6-5-9-21(22)16-25-26-23(27)15-18-7-3-2-4-8-18/h2-14,16H,15,17H2,1H3,(H,26,27)/b25-16-. The van der Waals surface area contributed by atoms with E-state index in [-0.39, 0.29) is 18.3 Å². The summed E-state index contributed by atoms with van der Waals surface area (Å²) < 4.78 is 10.6. The number of rotatable bonds is 8. The summed E-state index contributed by atoms with van der Waals surface area (Å²) in [4.78, 5) is 23.5. The number of benzene rings is 3. The van der Waals surface area contributed by atoms with Crippen LogP contribution < -0.4 is 10.2 Å². The molecule has 0 saturated heterocycles. The van der Waals surface area contributed by atoms with Gasteiger partial charge in [-0.1, -0.05) is 54.6 Å². The van der Waals surface area contributed by atoms with Crippen LogP contribution in [-0.2, 0) is 22.6 Å². The topological polar surface area (TPSA) is 77.0 Å². The molecule has 0 bridgehead atoms. The van der Waals surface area contributed by atoms with E-state index in [0.717, 1.165) is 16.7 Å². The summed E-state index contributed by atoms with van der Waals surface area (Å²) in [7, 11) is 1.35. The highest BCUT2D eigenvalue weighted by atomic mass is 16.5. The van der Waals surface area contributed by atoms with Gasteiger partial charge in [0, 0.05) is 5.56 Å². The third-order valence-corrected chi connectivity index (χ3v) is 4.29. The highest BCUT2D eigenvalue weighted by molar-refractivity contribution is 5.89. The van der Waals surface area contributed by atoms with Crippen molar-refractivity contribution < 1.29 is 19.1 Å².